The first kappa shape index (κ1) is 10.7. The molecule has 74 valence electrons. The molecule has 0 unspecified atom stereocenters. The zero-order valence-electron chi connectivity index (χ0n) is 7.38. The van der Waals surface area contributed by atoms with Crippen LogP contribution < -0.4 is 0 Å². The van der Waals surface area contributed by atoms with Gasteiger partial charge in [0, 0.05) is 0 Å². The number of esters is 1. The second-order valence-electron chi connectivity index (χ2n) is 2.39. The lowest BCUT2D eigenvalue weighted by molar-refractivity contribution is 0.0600. The van der Waals surface area contributed by atoms with Crippen molar-refractivity contribution in [2.24, 2.45) is 0 Å². The summed E-state index contributed by atoms with van der Waals surface area (Å²) < 4.78 is 17.5. The Morgan fingerprint density at radius 1 is 1.79 bits per heavy atom. The molecule has 0 saturated carbocycles. The van der Waals surface area contributed by atoms with Crippen LogP contribution >= 0.6 is 11.6 Å². The minimum absolute atomic E-state index is 0.00246. The zero-order chi connectivity index (χ0) is 10.7. The Morgan fingerprint density at radius 3 is 2.93 bits per heavy atom. The maximum absolute atomic E-state index is 13.1. The molecular formula is C9H7ClFNO2. The monoisotopic (exact) mass is 215 g/mol. The SMILES string of the molecule is C=Cc1nc(Cl)c(C(=O)OC)cc1F. The van der Waals surface area contributed by atoms with Crippen LogP contribution in [0.25, 0.3) is 6.08 Å². The zero-order valence-corrected chi connectivity index (χ0v) is 8.14. The third-order valence-corrected chi connectivity index (χ3v) is 1.84. The first-order valence-corrected chi connectivity index (χ1v) is 4.04. The van der Waals surface area contributed by atoms with E-state index in [1.807, 2.05) is 0 Å². The van der Waals surface area contributed by atoms with Crippen molar-refractivity contribution in [3.05, 3.63) is 34.9 Å². The van der Waals surface area contributed by atoms with Gasteiger partial charge in [0.25, 0.3) is 0 Å². The summed E-state index contributed by atoms with van der Waals surface area (Å²) in [6.45, 7) is 3.35. The van der Waals surface area contributed by atoms with E-state index in [1.54, 1.807) is 0 Å². The highest BCUT2D eigenvalue weighted by Gasteiger charge is 2.15. The lowest BCUT2D eigenvalue weighted by Gasteiger charge is -2.03. The average molecular weight is 216 g/mol. The standard InChI is InChI=1S/C9H7ClFNO2/c1-3-7-6(11)4-5(8(10)12-7)9(13)14-2/h3-4H,1H2,2H3. The van der Waals surface area contributed by atoms with E-state index in [0.717, 1.165) is 6.07 Å². The summed E-state index contributed by atoms with van der Waals surface area (Å²) in [6, 6.07) is 0.970. The summed E-state index contributed by atoms with van der Waals surface area (Å²) >= 11 is 5.63. The minimum atomic E-state index is -0.725. The van der Waals surface area contributed by atoms with Crippen molar-refractivity contribution in [2.45, 2.75) is 0 Å². The molecule has 5 heteroatoms. The number of rotatable bonds is 2. The maximum Gasteiger partial charge on any atom is 0.341 e. The summed E-state index contributed by atoms with van der Waals surface area (Å²) in [4.78, 5) is 14.7. The molecule has 14 heavy (non-hydrogen) atoms. The van der Waals surface area contributed by atoms with Crippen LogP contribution in [-0.2, 0) is 4.74 Å². The van der Waals surface area contributed by atoms with Crippen LogP contribution in [0, 0.1) is 5.82 Å². The number of hydrogen-bond acceptors (Lipinski definition) is 3. The first-order chi connectivity index (χ1) is 6.60. The Kier molecular flexibility index (Phi) is 3.19. The molecule has 0 aromatic carbocycles. The fourth-order valence-corrected chi connectivity index (χ4v) is 1.10. The van der Waals surface area contributed by atoms with Crippen LogP contribution in [-0.4, -0.2) is 18.1 Å². The molecule has 0 amide bonds. The van der Waals surface area contributed by atoms with Gasteiger partial charge in [-0.1, -0.05) is 18.2 Å². The topological polar surface area (TPSA) is 39.2 Å². The predicted octanol–water partition coefficient (Wildman–Crippen LogP) is 2.30. The number of halogens is 2. The van der Waals surface area contributed by atoms with Crippen molar-refractivity contribution in [1.29, 1.82) is 0 Å². The summed E-state index contributed by atoms with van der Waals surface area (Å²) in [7, 11) is 1.18. The highest BCUT2D eigenvalue weighted by molar-refractivity contribution is 6.32. The van der Waals surface area contributed by atoms with Crippen LogP contribution in [0.4, 0.5) is 4.39 Å². The number of carbonyl (C=O) groups excluding carboxylic acids is 1. The second-order valence-corrected chi connectivity index (χ2v) is 2.75. The van der Waals surface area contributed by atoms with E-state index in [4.69, 9.17) is 11.6 Å². The third-order valence-electron chi connectivity index (χ3n) is 1.56. The van der Waals surface area contributed by atoms with Gasteiger partial charge in [-0.2, -0.15) is 0 Å². The summed E-state index contributed by atoms with van der Waals surface area (Å²) in [5.74, 6) is -1.39. The molecule has 0 aliphatic rings. The fourth-order valence-electron chi connectivity index (χ4n) is 0.876. The second kappa shape index (κ2) is 4.19. The number of carbonyl (C=O) groups is 1. The first-order valence-electron chi connectivity index (χ1n) is 3.67. The van der Waals surface area contributed by atoms with Gasteiger partial charge < -0.3 is 4.74 Å². The lowest BCUT2D eigenvalue weighted by Crippen LogP contribution is -2.05. The molecular weight excluding hydrogens is 209 g/mol. The Morgan fingerprint density at radius 2 is 2.43 bits per heavy atom. The van der Waals surface area contributed by atoms with E-state index in [1.165, 1.54) is 13.2 Å². The van der Waals surface area contributed by atoms with Gasteiger partial charge in [0.2, 0.25) is 0 Å². The molecule has 0 aliphatic carbocycles. The van der Waals surface area contributed by atoms with Crippen molar-refractivity contribution in [3.8, 4) is 0 Å². The van der Waals surface area contributed by atoms with Crippen molar-refractivity contribution >= 4 is 23.6 Å². The Hall–Kier alpha value is -1.42. The van der Waals surface area contributed by atoms with Crippen LogP contribution in [0.3, 0.4) is 0 Å². The van der Waals surface area contributed by atoms with Gasteiger partial charge in [0.15, 0.2) is 0 Å². The molecule has 3 nitrogen and oxygen atoms in total. The van der Waals surface area contributed by atoms with Gasteiger partial charge in [0.05, 0.1) is 18.4 Å². The van der Waals surface area contributed by atoms with Crippen LogP contribution in [0.5, 0.6) is 0 Å². The van der Waals surface area contributed by atoms with Crippen LogP contribution in [0.2, 0.25) is 5.15 Å². The Bertz CT molecular complexity index is 393. The molecule has 1 aromatic heterocycles. The number of methoxy groups -OCH3 is 1. The van der Waals surface area contributed by atoms with Gasteiger partial charge in [-0.3, -0.25) is 0 Å². The van der Waals surface area contributed by atoms with Crippen molar-refractivity contribution in [1.82, 2.24) is 4.98 Å². The average Bonchev–Trinajstić information content (AvgIpc) is 2.19. The van der Waals surface area contributed by atoms with Gasteiger partial charge in [0.1, 0.15) is 11.0 Å². The Labute approximate surface area is 85.2 Å². The van der Waals surface area contributed by atoms with E-state index < -0.39 is 11.8 Å². The minimum Gasteiger partial charge on any atom is -0.465 e. The van der Waals surface area contributed by atoms with E-state index in [0.29, 0.717) is 0 Å². The number of hydrogen-bond donors (Lipinski definition) is 0. The number of nitrogens with zero attached hydrogens (tertiary/aromatic N) is 1. The summed E-state index contributed by atoms with van der Waals surface area (Å²) in [5.41, 5.74) is -0.0973. The van der Waals surface area contributed by atoms with Gasteiger partial charge in [-0.05, 0) is 12.1 Å². The van der Waals surface area contributed by atoms with Crippen LogP contribution in [0.15, 0.2) is 12.6 Å². The van der Waals surface area contributed by atoms with E-state index in [-0.39, 0.29) is 16.4 Å². The molecule has 0 atom stereocenters. The van der Waals surface area contributed by atoms with Gasteiger partial charge in [-0.25, -0.2) is 14.2 Å². The van der Waals surface area contributed by atoms with Crippen molar-refractivity contribution < 1.29 is 13.9 Å². The smallest absolute Gasteiger partial charge is 0.341 e. The molecule has 1 aromatic rings. The van der Waals surface area contributed by atoms with Gasteiger partial charge >= 0.3 is 5.97 Å². The number of pyridine rings is 1. The van der Waals surface area contributed by atoms with E-state index >= 15 is 0 Å². The lowest BCUT2D eigenvalue weighted by atomic mass is 10.2. The largest absolute Gasteiger partial charge is 0.465 e. The predicted molar refractivity (Wildman–Crippen MR) is 50.6 cm³/mol. The molecule has 0 radical (unpaired) electrons. The molecule has 0 spiro atoms. The highest BCUT2D eigenvalue weighted by atomic mass is 35.5. The van der Waals surface area contributed by atoms with Crippen molar-refractivity contribution in [3.63, 3.8) is 0 Å². The molecule has 0 aliphatic heterocycles. The number of aromatic nitrogens is 1. The van der Waals surface area contributed by atoms with Gasteiger partial charge in [-0.15, -0.1) is 0 Å². The van der Waals surface area contributed by atoms with E-state index in [9.17, 15) is 9.18 Å². The molecule has 0 N–H and O–H groups in total. The maximum atomic E-state index is 13.1. The van der Waals surface area contributed by atoms with E-state index in [2.05, 4.69) is 16.3 Å². The third kappa shape index (κ3) is 1.90. The quantitative estimate of drug-likeness (QED) is 0.561. The molecule has 0 saturated heterocycles. The summed E-state index contributed by atoms with van der Waals surface area (Å²) in [6.07, 6.45) is 1.21. The summed E-state index contributed by atoms with van der Waals surface area (Å²) in [5, 5.41) is -0.104. The fraction of sp³-hybridized carbons (Fsp3) is 0.111. The van der Waals surface area contributed by atoms with Crippen LogP contribution in [0.1, 0.15) is 16.1 Å². The molecule has 0 fully saturated rings. The molecule has 1 rings (SSSR count). The normalized spacial score (nSPS) is 9.64. The molecule has 0 bridgehead atoms. The number of ether oxygens (including phenoxy) is 1. The Balaban J connectivity index is 3.28. The van der Waals surface area contributed by atoms with Crippen molar-refractivity contribution in [2.75, 3.05) is 7.11 Å². The highest BCUT2D eigenvalue weighted by Crippen LogP contribution is 2.18. The molecule has 1 heterocycles.